The normalized spacial score (nSPS) is 13.5. The Morgan fingerprint density at radius 3 is 2.79 bits per heavy atom. The predicted molar refractivity (Wildman–Crippen MR) is 90.6 cm³/mol. The van der Waals surface area contributed by atoms with Crippen LogP contribution in [0, 0.1) is 6.92 Å². The molecular formula is C17H18N2O4S. The Labute approximate surface area is 140 Å². The molecule has 0 atom stereocenters. The first-order valence-corrected chi connectivity index (χ1v) is 9.05. The molecule has 1 aliphatic heterocycles. The quantitative estimate of drug-likeness (QED) is 0.782. The van der Waals surface area contributed by atoms with E-state index < -0.39 is 10.0 Å². The molecule has 1 aliphatic rings. The SMILES string of the molecule is Cc1ccccc1OCCNS(=O)(=O)c1ccc2c(c1)CC(=O)N2. The highest BCUT2D eigenvalue weighted by molar-refractivity contribution is 7.89. The molecule has 7 heteroatoms. The second-order valence-corrected chi connectivity index (χ2v) is 7.32. The highest BCUT2D eigenvalue weighted by atomic mass is 32.2. The van der Waals surface area contributed by atoms with Crippen molar-refractivity contribution < 1.29 is 17.9 Å². The van der Waals surface area contributed by atoms with E-state index in [1.807, 2.05) is 31.2 Å². The number of aryl methyl sites for hydroxylation is 1. The largest absolute Gasteiger partial charge is 0.492 e. The van der Waals surface area contributed by atoms with Crippen LogP contribution in [-0.2, 0) is 21.2 Å². The molecule has 0 aromatic heterocycles. The Morgan fingerprint density at radius 2 is 2.00 bits per heavy atom. The summed E-state index contributed by atoms with van der Waals surface area (Å²) in [6.45, 7) is 2.32. The number of fused-ring (bicyclic) bond motifs is 1. The summed E-state index contributed by atoms with van der Waals surface area (Å²) in [5, 5.41) is 2.68. The Kier molecular flexibility index (Phi) is 4.55. The highest BCUT2D eigenvalue weighted by Gasteiger charge is 2.21. The average Bonchev–Trinajstić information content (AvgIpc) is 2.92. The van der Waals surface area contributed by atoms with Crippen LogP contribution in [0.25, 0.3) is 0 Å². The standard InChI is InChI=1S/C17H18N2O4S/c1-12-4-2-3-5-16(12)23-9-8-18-24(21,22)14-6-7-15-13(10-14)11-17(20)19-15/h2-7,10,18H,8-9,11H2,1H3,(H,19,20). The van der Waals surface area contributed by atoms with E-state index in [1.165, 1.54) is 12.1 Å². The third-order valence-corrected chi connectivity index (χ3v) is 5.22. The first kappa shape index (κ1) is 16.5. The van der Waals surface area contributed by atoms with Crippen molar-refractivity contribution in [2.24, 2.45) is 0 Å². The summed E-state index contributed by atoms with van der Waals surface area (Å²) in [5.41, 5.74) is 2.36. The molecule has 0 saturated carbocycles. The Morgan fingerprint density at radius 1 is 1.21 bits per heavy atom. The second kappa shape index (κ2) is 6.62. The summed E-state index contributed by atoms with van der Waals surface area (Å²) >= 11 is 0. The maximum Gasteiger partial charge on any atom is 0.240 e. The minimum atomic E-state index is -3.63. The van der Waals surface area contributed by atoms with Gasteiger partial charge in [0.15, 0.2) is 0 Å². The van der Waals surface area contributed by atoms with E-state index in [1.54, 1.807) is 6.07 Å². The first-order chi connectivity index (χ1) is 11.5. The molecule has 0 aliphatic carbocycles. The molecule has 0 bridgehead atoms. The van der Waals surface area contributed by atoms with Crippen LogP contribution in [0.2, 0.25) is 0 Å². The molecule has 1 amide bonds. The zero-order valence-electron chi connectivity index (χ0n) is 13.2. The molecule has 126 valence electrons. The number of hydrogen-bond donors (Lipinski definition) is 2. The number of anilines is 1. The molecule has 2 aromatic carbocycles. The van der Waals surface area contributed by atoms with Crippen LogP contribution in [0.5, 0.6) is 5.75 Å². The molecular weight excluding hydrogens is 328 g/mol. The van der Waals surface area contributed by atoms with Crippen molar-refractivity contribution in [2.75, 3.05) is 18.5 Å². The Bertz CT molecular complexity index is 878. The number of carbonyl (C=O) groups is 1. The van der Waals surface area contributed by atoms with Gasteiger partial charge in [0.2, 0.25) is 15.9 Å². The molecule has 3 rings (SSSR count). The van der Waals surface area contributed by atoms with Gasteiger partial charge in [0.25, 0.3) is 0 Å². The number of amides is 1. The number of rotatable bonds is 6. The van der Waals surface area contributed by atoms with Crippen molar-refractivity contribution in [2.45, 2.75) is 18.2 Å². The number of nitrogens with one attached hydrogen (secondary N) is 2. The van der Waals surface area contributed by atoms with E-state index in [0.29, 0.717) is 11.3 Å². The molecule has 2 N–H and O–H groups in total. The van der Waals surface area contributed by atoms with Crippen molar-refractivity contribution in [1.29, 1.82) is 0 Å². The summed E-state index contributed by atoms with van der Waals surface area (Å²) in [4.78, 5) is 11.5. The maximum atomic E-state index is 12.3. The van der Waals surface area contributed by atoms with Gasteiger partial charge in [0, 0.05) is 12.2 Å². The highest BCUT2D eigenvalue weighted by Crippen LogP contribution is 2.25. The molecule has 0 spiro atoms. The number of sulfonamides is 1. The number of ether oxygens (including phenoxy) is 1. The zero-order chi connectivity index (χ0) is 17.2. The van der Waals surface area contributed by atoms with Crippen LogP contribution in [0.15, 0.2) is 47.4 Å². The van der Waals surface area contributed by atoms with Crippen LogP contribution in [0.1, 0.15) is 11.1 Å². The molecule has 0 radical (unpaired) electrons. The number of hydrogen-bond acceptors (Lipinski definition) is 4. The van der Waals surface area contributed by atoms with Crippen LogP contribution in [0.3, 0.4) is 0 Å². The van der Waals surface area contributed by atoms with E-state index in [0.717, 1.165) is 11.3 Å². The van der Waals surface area contributed by atoms with Crippen molar-refractivity contribution in [1.82, 2.24) is 4.72 Å². The van der Waals surface area contributed by atoms with Gasteiger partial charge in [0.1, 0.15) is 12.4 Å². The lowest BCUT2D eigenvalue weighted by Gasteiger charge is -2.10. The van der Waals surface area contributed by atoms with E-state index >= 15 is 0 Å². The zero-order valence-corrected chi connectivity index (χ0v) is 14.0. The average molecular weight is 346 g/mol. The van der Waals surface area contributed by atoms with Crippen molar-refractivity contribution in [3.63, 3.8) is 0 Å². The smallest absolute Gasteiger partial charge is 0.240 e. The molecule has 6 nitrogen and oxygen atoms in total. The van der Waals surface area contributed by atoms with E-state index in [2.05, 4.69) is 10.0 Å². The second-order valence-electron chi connectivity index (χ2n) is 5.56. The third-order valence-electron chi connectivity index (χ3n) is 3.76. The molecule has 0 fully saturated rings. The molecule has 0 unspecified atom stereocenters. The lowest BCUT2D eigenvalue weighted by atomic mass is 10.2. The number of benzene rings is 2. The third kappa shape index (κ3) is 3.58. The molecule has 1 heterocycles. The summed E-state index contributed by atoms with van der Waals surface area (Å²) in [7, 11) is -3.63. The van der Waals surface area contributed by atoms with Crippen molar-refractivity contribution in [3.8, 4) is 5.75 Å². The molecule has 24 heavy (non-hydrogen) atoms. The molecule has 2 aromatic rings. The summed E-state index contributed by atoms with van der Waals surface area (Å²) < 4.78 is 32.7. The van der Waals surface area contributed by atoms with E-state index in [4.69, 9.17) is 4.74 Å². The van der Waals surface area contributed by atoms with Gasteiger partial charge in [-0.05, 0) is 42.3 Å². The minimum absolute atomic E-state index is 0.126. The van der Waals surface area contributed by atoms with Gasteiger partial charge in [-0.3, -0.25) is 4.79 Å². The fourth-order valence-corrected chi connectivity index (χ4v) is 3.57. The van der Waals surface area contributed by atoms with Gasteiger partial charge in [0.05, 0.1) is 11.3 Å². The van der Waals surface area contributed by atoms with Gasteiger partial charge < -0.3 is 10.1 Å². The van der Waals surface area contributed by atoms with Gasteiger partial charge in [-0.1, -0.05) is 18.2 Å². The van der Waals surface area contributed by atoms with E-state index in [9.17, 15) is 13.2 Å². The monoisotopic (exact) mass is 346 g/mol. The van der Waals surface area contributed by atoms with E-state index in [-0.39, 0.29) is 30.4 Å². The van der Waals surface area contributed by atoms with Crippen molar-refractivity contribution in [3.05, 3.63) is 53.6 Å². The van der Waals surface area contributed by atoms with Gasteiger partial charge in [-0.15, -0.1) is 0 Å². The van der Waals surface area contributed by atoms with Crippen molar-refractivity contribution >= 4 is 21.6 Å². The Hall–Kier alpha value is -2.38. The van der Waals surface area contributed by atoms with Gasteiger partial charge in [-0.2, -0.15) is 0 Å². The van der Waals surface area contributed by atoms with Crippen LogP contribution in [0.4, 0.5) is 5.69 Å². The summed E-state index contributed by atoms with van der Waals surface area (Å²) in [6.07, 6.45) is 0.203. The van der Waals surface area contributed by atoms with Crippen LogP contribution < -0.4 is 14.8 Å². The fraction of sp³-hybridized carbons (Fsp3) is 0.235. The maximum absolute atomic E-state index is 12.3. The van der Waals surface area contributed by atoms with Crippen LogP contribution in [-0.4, -0.2) is 27.5 Å². The summed E-state index contributed by atoms with van der Waals surface area (Å²) in [5.74, 6) is 0.609. The first-order valence-electron chi connectivity index (χ1n) is 7.56. The number of carbonyl (C=O) groups excluding carboxylic acids is 1. The lowest BCUT2D eigenvalue weighted by Crippen LogP contribution is -2.28. The topological polar surface area (TPSA) is 84.5 Å². The minimum Gasteiger partial charge on any atom is -0.492 e. The summed E-state index contributed by atoms with van der Waals surface area (Å²) in [6, 6.07) is 12.2. The molecule has 0 saturated heterocycles. The predicted octanol–water partition coefficient (Wildman–Crippen LogP) is 1.85. The Balaban J connectivity index is 1.60. The fourth-order valence-electron chi connectivity index (χ4n) is 2.51. The lowest BCUT2D eigenvalue weighted by molar-refractivity contribution is -0.115. The number of para-hydroxylation sites is 1. The van der Waals surface area contributed by atoms with Gasteiger partial charge in [-0.25, -0.2) is 13.1 Å². The van der Waals surface area contributed by atoms with Crippen LogP contribution >= 0.6 is 0 Å². The van der Waals surface area contributed by atoms with Gasteiger partial charge >= 0.3 is 0 Å².